The predicted octanol–water partition coefficient (Wildman–Crippen LogP) is 4.44. The molecule has 0 spiro atoms. The summed E-state index contributed by atoms with van der Waals surface area (Å²) >= 11 is 4.74. The number of hydrogen-bond acceptors (Lipinski definition) is 5. The lowest BCUT2D eigenvalue weighted by Crippen LogP contribution is -1.80. The highest BCUT2D eigenvalue weighted by atomic mass is 32.2. The van der Waals surface area contributed by atoms with Crippen LogP contribution in [0.4, 0.5) is 0 Å². The van der Waals surface area contributed by atoms with E-state index < -0.39 is 0 Å². The van der Waals surface area contributed by atoms with Crippen molar-refractivity contribution in [1.29, 1.82) is 5.26 Å². The van der Waals surface area contributed by atoms with Gasteiger partial charge >= 0.3 is 0 Å². The van der Waals surface area contributed by atoms with Gasteiger partial charge in [-0.05, 0) is 22.9 Å². The maximum absolute atomic E-state index is 9.27. The summed E-state index contributed by atoms with van der Waals surface area (Å²) in [4.78, 5) is 4.51. The fourth-order valence-corrected chi connectivity index (χ4v) is 4.35. The number of hydrogen-bond donors (Lipinski definition) is 0. The molecule has 0 radical (unpaired) electrons. The fraction of sp³-hybridized carbons (Fsp3) is 0. The number of rotatable bonds is 1. The molecule has 0 aliphatic carbocycles. The molecule has 0 unspecified atom stereocenters. The van der Waals surface area contributed by atoms with Gasteiger partial charge in [0.25, 0.3) is 0 Å². The number of thiazole rings is 1. The molecule has 1 aliphatic heterocycles. The molecule has 17 heavy (non-hydrogen) atoms. The standard InChI is InChI=1S/C12H6N2S3/c13-7-8(12-15-5-6-16-12)11-14-9-3-1-2-4-10(9)17-11/h1-6H. The van der Waals surface area contributed by atoms with E-state index in [4.69, 9.17) is 0 Å². The second-order valence-electron chi connectivity index (χ2n) is 3.27. The molecule has 0 bridgehead atoms. The summed E-state index contributed by atoms with van der Waals surface area (Å²) in [5, 5.41) is 14.1. The molecule has 1 aliphatic rings. The molecule has 1 aromatic carbocycles. The summed E-state index contributed by atoms with van der Waals surface area (Å²) in [7, 11) is 0. The van der Waals surface area contributed by atoms with Crippen LogP contribution in [0, 0.1) is 11.3 Å². The molecule has 0 saturated heterocycles. The Kier molecular flexibility index (Phi) is 2.93. The zero-order chi connectivity index (χ0) is 11.7. The summed E-state index contributed by atoms with van der Waals surface area (Å²) in [6.45, 7) is 0. The number of benzene rings is 1. The van der Waals surface area contributed by atoms with Crippen LogP contribution in [-0.4, -0.2) is 4.98 Å². The van der Waals surface area contributed by atoms with Crippen LogP contribution in [-0.2, 0) is 0 Å². The van der Waals surface area contributed by atoms with Crippen LogP contribution in [0.15, 0.2) is 39.3 Å². The van der Waals surface area contributed by atoms with Crippen molar-refractivity contribution in [3.8, 4) is 6.07 Å². The molecule has 2 nitrogen and oxygen atoms in total. The van der Waals surface area contributed by atoms with Crippen LogP contribution >= 0.6 is 34.9 Å². The number of fused-ring (bicyclic) bond motifs is 1. The van der Waals surface area contributed by atoms with Gasteiger partial charge in [0.2, 0.25) is 0 Å². The van der Waals surface area contributed by atoms with E-state index in [0.717, 1.165) is 19.5 Å². The smallest absolute Gasteiger partial charge is 0.136 e. The number of nitriles is 1. The first kappa shape index (κ1) is 10.9. The molecule has 1 aromatic heterocycles. The van der Waals surface area contributed by atoms with Gasteiger partial charge in [-0.25, -0.2) is 4.98 Å². The molecule has 0 amide bonds. The topological polar surface area (TPSA) is 36.7 Å². The minimum Gasteiger partial charge on any atom is -0.235 e. The van der Waals surface area contributed by atoms with Crippen molar-refractivity contribution in [3.63, 3.8) is 0 Å². The Morgan fingerprint density at radius 1 is 1.18 bits per heavy atom. The van der Waals surface area contributed by atoms with Crippen molar-refractivity contribution in [3.05, 3.63) is 44.3 Å². The van der Waals surface area contributed by atoms with Gasteiger partial charge in [-0.2, -0.15) is 5.26 Å². The average Bonchev–Trinajstić information content (AvgIpc) is 2.98. The van der Waals surface area contributed by atoms with Gasteiger partial charge in [0, 0.05) is 0 Å². The van der Waals surface area contributed by atoms with Crippen LogP contribution in [0.3, 0.4) is 0 Å². The maximum Gasteiger partial charge on any atom is 0.136 e. The monoisotopic (exact) mass is 274 g/mol. The highest BCUT2D eigenvalue weighted by Crippen LogP contribution is 2.43. The summed E-state index contributed by atoms with van der Waals surface area (Å²) in [5.74, 6) is 0. The molecular weight excluding hydrogens is 268 g/mol. The number of para-hydroxylation sites is 1. The molecule has 0 saturated carbocycles. The normalized spacial score (nSPS) is 14.2. The van der Waals surface area contributed by atoms with Crippen LogP contribution < -0.4 is 0 Å². The number of aromatic nitrogens is 1. The molecule has 0 fully saturated rings. The van der Waals surface area contributed by atoms with Crippen LogP contribution in [0.5, 0.6) is 0 Å². The summed E-state index contributed by atoms with van der Waals surface area (Å²) in [6, 6.07) is 10.2. The minimum atomic E-state index is 0.686. The van der Waals surface area contributed by atoms with Crippen molar-refractivity contribution < 1.29 is 0 Å². The molecule has 5 heteroatoms. The fourth-order valence-electron chi connectivity index (χ4n) is 1.48. The molecular formula is C12H6N2S3. The van der Waals surface area contributed by atoms with E-state index in [9.17, 15) is 5.26 Å². The molecule has 2 aromatic rings. The van der Waals surface area contributed by atoms with Crippen molar-refractivity contribution in [2.45, 2.75) is 0 Å². The second kappa shape index (κ2) is 4.57. The van der Waals surface area contributed by atoms with E-state index in [1.165, 1.54) is 0 Å². The van der Waals surface area contributed by atoms with Gasteiger partial charge in [-0.3, -0.25) is 0 Å². The van der Waals surface area contributed by atoms with Crippen LogP contribution in [0.2, 0.25) is 0 Å². The van der Waals surface area contributed by atoms with Crippen molar-refractivity contribution in [1.82, 2.24) is 4.98 Å². The van der Waals surface area contributed by atoms with Gasteiger partial charge in [-0.1, -0.05) is 35.7 Å². The van der Waals surface area contributed by atoms with E-state index in [0.29, 0.717) is 5.57 Å². The van der Waals surface area contributed by atoms with Gasteiger partial charge in [0.05, 0.1) is 14.5 Å². The van der Waals surface area contributed by atoms with Gasteiger partial charge in [0.15, 0.2) is 0 Å². The third kappa shape index (κ3) is 2.00. The zero-order valence-corrected chi connectivity index (χ0v) is 11.0. The Labute approximate surface area is 111 Å². The first-order valence-electron chi connectivity index (χ1n) is 4.87. The van der Waals surface area contributed by atoms with E-state index >= 15 is 0 Å². The minimum absolute atomic E-state index is 0.686. The zero-order valence-electron chi connectivity index (χ0n) is 8.58. The van der Waals surface area contributed by atoms with E-state index in [2.05, 4.69) is 11.1 Å². The Morgan fingerprint density at radius 3 is 2.65 bits per heavy atom. The number of thioether (sulfide) groups is 2. The number of nitrogens with zero attached hydrogens (tertiary/aromatic N) is 2. The lowest BCUT2D eigenvalue weighted by atomic mass is 10.3. The largest absolute Gasteiger partial charge is 0.235 e. The van der Waals surface area contributed by atoms with Crippen molar-refractivity contribution in [2.24, 2.45) is 0 Å². The predicted molar refractivity (Wildman–Crippen MR) is 76.5 cm³/mol. The maximum atomic E-state index is 9.27. The van der Waals surface area contributed by atoms with Gasteiger partial charge < -0.3 is 0 Å². The van der Waals surface area contributed by atoms with E-state index in [-0.39, 0.29) is 0 Å². The van der Waals surface area contributed by atoms with Crippen molar-refractivity contribution >= 4 is 50.7 Å². The Bertz CT molecular complexity index is 633. The molecule has 82 valence electrons. The molecule has 3 rings (SSSR count). The molecule has 0 N–H and O–H groups in total. The lowest BCUT2D eigenvalue weighted by molar-refractivity contribution is 1.43. The van der Waals surface area contributed by atoms with Gasteiger partial charge in [-0.15, -0.1) is 11.3 Å². The highest BCUT2D eigenvalue weighted by molar-refractivity contribution is 8.27. The van der Waals surface area contributed by atoms with Gasteiger partial charge in [0.1, 0.15) is 16.6 Å². The highest BCUT2D eigenvalue weighted by Gasteiger charge is 2.15. The SMILES string of the molecule is N#CC(=C1SC=CS1)c1nc2ccccc2s1. The average molecular weight is 274 g/mol. The van der Waals surface area contributed by atoms with Crippen LogP contribution in [0.1, 0.15) is 5.01 Å². The van der Waals surface area contributed by atoms with E-state index in [1.807, 2.05) is 35.1 Å². The summed E-state index contributed by atoms with van der Waals surface area (Å²) in [6.07, 6.45) is 0. The summed E-state index contributed by atoms with van der Waals surface area (Å²) < 4.78 is 2.14. The molecule has 0 atom stereocenters. The first-order valence-corrected chi connectivity index (χ1v) is 7.45. The third-order valence-electron chi connectivity index (χ3n) is 2.23. The quantitative estimate of drug-likeness (QED) is 0.720. The van der Waals surface area contributed by atoms with Crippen molar-refractivity contribution in [2.75, 3.05) is 0 Å². The third-order valence-corrected chi connectivity index (χ3v) is 5.41. The Hall–Kier alpha value is -1.22. The Balaban J connectivity index is 2.14. The van der Waals surface area contributed by atoms with Crippen LogP contribution in [0.25, 0.3) is 15.8 Å². The Morgan fingerprint density at radius 2 is 1.94 bits per heavy atom. The summed E-state index contributed by atoms with van der Waals surface area (Å²) in [5.41, 5.74) is 1.65. The number of allylic oxidation sites excluding steroid dienone is 1. The first-order chi connectivity index (χ1) is 8.38. The second-order valence-corrected chi connectivity index (χ2v) is 6.39. The lowest BCUT2D eigenvalue weighted by Gasteiger charge is -1.96. The van der Waals surface area contributed by atoms with E-state index in [1.54, 1.807) is 34.9 Å². The molecule has 2 heterocycles.